The molecule has 3 aromatic rings. The van der Waals surface area contributed by atoms with Crippen molar-refractivity contribution in [3.05, 3.63) is 71.5 Å². The zero-order chi connectivity index (χ0) is 16.3. The van der Waals surface area contributed by atoms with Crippen LogP contribution in [-0.4, -0.2) is 28.6 Å². The number of benzene rings is 2. The molecule has 23 heavy (non-hydrogen) atoms. The van der Waals surface area contributed by atoms with Crippen molar-refractivity contribution >= 4 is 9.84 Å². The number of tetrazole rings is 1. The van der Waals surface area contributed by atoms with E-state index in [2.05, 4.69) is 15.5 Å². The molecule has 0 N–H and O–H groups in total. The lowest BCUT2D eigenvalue weighted by atomic mass is 10.2. The van der Waals surface area contributed by atoms with Gasteiger partial charge in [0.15, 0.2) is 15.7 Å². The lowest BCUT2D eigenvalue weighted by molar-refractivity contribution is 0.592. The van der Waals surface area contributed by atoms with E-state index in [9.17, 15) is 8.42 Å². The fourth-order valence-corrected chi connectivity index (χ4v) is 3.63. The number of aromatic nitrogens is 4. The van der Waals surface area contributed by atoms with Crippen molar-refractivity contribution in [3.63, 3.8) is 0 Å². The van der Waals surface area contributed by atoms with Gasteiger partial charge in [0.25, 0.3) is 0 Å². The molecule has 1 heterocycles. The molecule has 0 saturated carbocycles. The molecule has 0 aliphatic rings. The average Bonchev–Trinajstić information content (AvgIpc) is 2.97. The molecule has 7 heteroatoms. The van der Waals surface area contributed by atoms with Crippen molar-refractivity contribution in [1.29, 1.82) is 0 Å². The standard InChI is InChI=1S/C16H16N4O2S/c1-13-7-9-14(10-8-13)11-23(21,22)12-16-17-18-19-20(16)15-5-3-2-4-6-15/h2-10H,11-12H2,1H3. The van der Waals surface area contributed by atoms with Gasteiger partial charge in [-0.2, -0.15) is 4.68 Å². The predicted molar refractivity (Wildman–Crippen MR) is 86.7 cm³/mol. The normalized spacial score (nSPS) is 11.5. The van der Waals surface area contributed by atoms with E-state index in [-0.39, 0.29) is 11.5 Å². The van der Waals surface area contributed by atoms with Crippen molar-refractivity contribution in [2.45, 2.75) is 18.4 Å². The van der Waals surface area contributed by atoms with E-state index in [1.807, 2.05) is 61.5 Å². The molecule has 0 saturated heterocycles. The van der Waals surface area contributed by atoms with Gasteiger partial charge in [-0.25, -0.2) is 8.42 Å². The van der Waals surface area contributed by atoms with Crippen molar-refractivity contribution in [3.8, 4) is 5.69 Å². The maximum atomic E-state index is 12.4. The van der Waals surface area contributed by atoms with Gasteiger partial charge < -0.3 is 0 Å². The van der Waals surface area contributed by atoms with Gasteiger partial charge in [0.1, 0.15) is 5.75 Å². The van der Waals surface area contributed by atoms with Crippen molar-refractivity contribution in [2.24, 2.45) is 0 Å². The molecular weight excluding hydrogens is 312 g/mol. The molecule has 0 aliphatic heterocycles. The molecule has 0 radical (unpaired) electrons. The van der Waals surface area contributed by atoms with Gasteiger partial charge >= 0.3 is 0 Å². The van der Waals surface area contributed by atoms with Crippen LogP contribution >= 0.6 is 0 Å². The summed E-state index contributed by atoms with van der Waals surface area (Å²) in [5, 5.41) is 11.3. The molecule has 118 valence electrons. The minimum absolute atomic E-state index is 0.0328. The molecule has 2 aromatic carbocycles. The van der Waals surface area contributed by atoms with Gasteiger partial charge in [-0.3, -0.25) is 0 Å². The molecule has 0 spiro atoms. The first-order valence-corrected chi connectivity index (χ1v) is 8.94. The lowest BCUT2D eigenvalue weighted by Crippen LogP contribution is -2.12. The summed E-state index contributed by atoms with van der Waals surface area (Å²) in [6, 6.07) is 16.7. The Hall–Kier alpha value is -2.54. The Labute approximate surface area is 134 Å². The highest BCUT2D eigenvalue weighted by Gasteiger charge is 2.19. The molecule has 0 amide bonds. The maximum absolute atomic E-state index is 12.4. The summed E-state index contributed by atoms with van der Waals surface area (Å²) < 4.78 is 26.3. The minimum atomic E-state index is -3.36. The number of rotatable bonds is 5. The average molecular weight is 328 g/mol. The van der Waals surface area contributed by atoms with Crippen LogP contribution in [0.1, 0.15) is 17.0 Å². The second-order valence-corrected chi connectivity index (χ2v) is 7.42. The second-order valence-electron chi connectivity index (χ2n) is 5.36. The highest BCUT2D eigenvalue weighted by atomic mass is 32.2. The van der Waals surface area contributed by atoms with E-state index in [4.69, 9.17) is 0 Å². The first-order chi connectivity index (χ1) is 11.0. The van der Waals surface area contributed by atoms with Crippen LogP contribution in [-0.2, 0) is 21.3 Å². The first-order valence-electron chi connectivity index (χ1n) is 7.12. The van der Waals surface area contributed by atoms with Crippen LogP contribution in [0, 0.1) is 6.92 Å². The van der Waals surface area contributed by atoms with Gasteiger partial charge in [0, 0.05) is 0 Å². The van der Waals surface area contributed by atoms with Crippen molar-refractivity contribution in [1.82, 2.24) is 20.2 Å². The Balaban J connectivity index is 1.82. The quantitative estimate of drug-likeness (QED) is 0.716. The van der Waals surface area contributed by atoms with Crippen LogP contribution < -0.4 is 0 Å². The highest BCUT2D eigenvalue weighted by Crippen LogP contribution is 2.14. The zero-order valence-corrected chi connectivity index (χ0v) is 13.4. The van der Waals surface area contributed by atoms with Gasteiger partial charge in [0.05, 0.1) is 11.4 Å². The summed E-state index contributed by atoms with van der Waals surface area (Å²) in [5.74, 6) is 0.0702. The van der Waals surface area contributed by atoms with Gasteiger partial charge in [-0.15, -0.1) is 5.10 Å². The number of sulfone groups is 1. The van der Waals surface area contributed by atoms with E-state index in [0.717, 1.165) is 16.8 Å². The number of hydrogen-bond acceptors (Lipinski definition) is 5. The molecule has 6 nitrogen and oxygen atoms in total. The number of para-hydroxylation sites is 1. The van der Waals surface area contributed by atoms with E-state index in [1.54, 1.807) is 0 Å². The van der Waals surface area contributed by atoms with E-state index < -0.39 is 9.84 Å². The van der Waals surface area contributed by atoms with Gasteiger partial charge in [0.2, 0.25) is 0 Å². The fourth-order valence-electron chi connectivity index (χ4n) is 2.25. The Bertz CT molecular complexity index is 887. The smallest absolute Gasteiger partial charge is 0.171 e. The Morgan fingerprint density at radius 1 is 0.957 bits per heavy atom. The first kappa shape index (κ1) is 15.4. The SMILES string of the molecule is Cc1ccc(CS(=O)(=O)Cc2nnnn2-c2ccccc2)cc1. The molecule has 0 atom stereocenters. The summed E-state index contributed by atoms with van der Waals surface area (Å²) in [7, 11) is -3.36. The van der Waals surface area contributed by atoms with E-state index >= 15 is 0 Å². The van der Waals surface area contributed by atoms with Crippen molar-refractivity contribution in [2.75, 3.05) is 0 Å². The molecular formula is C16H16N4O2S. The zero-order valence-electron chi connectivity index (χ0n) is 12.6. The number of aryl methyl sites for hydroxylation is 1. The third kappa shape index (κ3) is 3.81. The van der Waals surface area contributed by atoms with E-state index in [1.165, 1.54) is 4.68 Å². The van der Waals surface area contributed by atoms with Gasteiger partial charge in [-0.1, -0.05) is 48.0 Å². The summed E-state index contributed by atoms with van der Waals surface area (Å²) in [4.78, 5) is 0. The number of nitrogens with zero attached hydrogens (tertiary/aromatic N) is 4. The summed E-state index contributed by atoms with van der Waals surface area (Å²) >= 11 is 0. The highest BCUT2D eigenvalue weighted by molar-refractivity contribution is 7.89. The Morgan fingerprint density at radius 2 is 1.65 bits per heavy atom. The monoisotopic (exact) mass is 328 g/mol. The van der Waals surface area contributed by atoms with Crippen LogP contribution in [0.3, 0.4) is 0 Å². The summed E-state index contributed by atoms with van der Waals surface area (Å²) in [6.45, 7) is 1.96. The molecule has 3 rings (SSSR count). The number of hydrogen-bond donors (Lipinski definition) is 0. The Kier molecular flexibility index (Phi) is 4.20. The topological polar surface area (TPSA) is 77.7 Å². The van der Waals surface area contributed by atoms with E-state index in [0.29, 0.717) is 5.82 Å². The van der Waals surface area contributed by atoms with Crippen LogP contribution in [0.15, 0.2) is 54.6 Å². The summed E-state index contributed by atoms with van der Waals surface area (Å²) in [6.07, 6.45) is 0. The maximum Gasteiger partial charge on any atom is 0.171 e. The van der Waals surface area contributed by atoms with Crippen LogP contribution in [0.4, 0.5) is 0 Å². The molecule has 1 aromatic heterocycles. The third-order valence-electron chi connectivity index (χ3n) is 3.39. The minimum Gasteiger partial charge on any atom is -0.228 e. The molecule has 0 fully saturated rings. The third-order valence-corrected chi connectivity index (χ3v) is 4.86. The molecule has 0 unspecified atom stereocenters. The Morgan fingerprint density at radius 3 is 2.35 bits per heavy atom. The van der Waals surface area contributed by atoms with Crippen LogP contribution in [0.25, 0.3) is 5.69 Å². The predicted octanol–water partition coefficient (Wildman–Crippen LogP) is 2.09. The van der Waals surface area contributed by atoms with Crippen LogP contribution in [0.2, 0.25) is 0 Å². The molecule has 0 bridgehead atoms. The van der Waals surface area contributed by atoms with Crippen LogP contribution in [0.5, 0.6) is 0 Å². The fraction of sp³-hybridized carbons (Fsp3) is 0.188. The van der Waals surface area contributed by atoms with Crippen molar-refractivity contribution < 1.29 is 8.42 Å². The molecule has 0 aliphatic carbocycles. The lowest BCUT2D eigenvalue weighted by Gasteiger charge is -2.06. The second kappa shape index (κ2) is 6.29. The summed E-state index contributed by atoms with van der Waals surface area (Å²) in [5.41, 5.74) is 2.59. The van der Waals surface area contributed by atoms with Gasteiger partial charge in [-0.05, 0) is 35.0 Å². The largest absolute Gasteiger partial charge is 0.228 e.